The molecule has 2 fully saturated rings. The molecule has 2 rings (SSSR count). The molecular formula is C13H22N2O4. The second-order valence-electron chi connectivity index (χ2n) is 4.89. The fraction of sp³-hybridized carbons (Fsp3) is 0.846. The van der Waals surface area contributed by atoms with E-state index in [4.69, 9.17) is 9.47 Å². The zero-order valence-corrected chi connectivity index (χ0v) is 11.4. The lowest BCUT2D eigenvalue weighted by Gasteiger charge is -2.37. The Bertz CT molecular complexity index is 335. The molecule has 6 nitrogen and oxygen atoms in total. The number of morpholine rings is 1. The predicted octanol–water partition coefficient (Wildman–Crippen LogP) is 0.902. The molecule has 2 unspecified atom stereocenters. The van der Waals surface area contributed by atoms with Gasteiger partial charge in [0.1, 0.15) is 0 Å². The van der Waals surface area contributed by atoms with E-state index in [9.17, 15) is 9.59 Å². The van der Waals surface area contributed by atoms with Crippen LogP contribution in [0.15, 0.2) is 0 Å². The first-order valence-electron chi connectivity index (χ1n) is 7.04. The van der Waals surface area contributed by atoms with E-state index in [2.05, 4.69) is 5.32 Å². The van der Waals surface area contributed by atoms with E-state index in [-0.39, 0.29) is 18.1 Å². The molecule has 108 valence electrons. The number of nitrogens with zero attached hydrogens (tertiary/aromatic N) is 1. The van der Waals surface area contributed by atoms with Gasteiger partial charge in [0.25, 0.3) is 0 Å². The fourth-order valence-corrected chi connectivity index (χ4v) is 2.83. The second kappa shape index (κ2) is 6.75. The Balaban J connectivity index is 1.74. The number of alkyl carbamates (subject to hydrolysis) is 1. The van der Waals surface area contributed by atoms with Crippen molar-refractivity contribution in [3.8, 4) is 0 Å². The molecule has 19 heavy (non-hydrogen) atoms. The van der Waals surface area contributed by atoms with Crippen LogP contribution in [0.5, 0.6) is 0 Å². The van der Waals surface area contributed by atoms with Gasteiger partial charge in [-0.1, -0.05) is 0 Å². The third kappa shape index (κ3) is 3.59. The van der Waals surface area contributed by atoms with Crippen LogP contribution in [0.25, 0.3) is 0 Å². The number of carbonyl (C=O) groups excluding carboxylic acids is 2. The Hall–Kier alpha value is -1.30. The Morgan fingerprint density at radius 3 is 3.05 bits per heavy atom. The number of rotatable bonds is 4. The summed E-state index contributed by atoms with van der Waals surface area (Å²) in [6.07, 6.45) is 3.28. The molecule has 0 radical (unpaired) electrons. The minimum Gasteiger partial charge on any atom is -0.450 e. The minimum absolute atomic E-state index is 0.0944. The highest BCUT2D eigenvalue weighted by molar-refractivity contribution is 5.77. The van der Waals surface area contributed by atoms with E-state index in [1.165, 1.54) is 0 Å². The van der Waals surface area contributed by atoms with Gasteiger partial charge >= 0.3 is 6.09 Å². The summed E-state index contributed by atoms with van der Waals surface area (Å²) >= 11 is 0. The monoisotopic (exact) mass is 270 g/mol. The summed E-state index contributed by atoms with van der Waals surface area (Å²) in [5.41, 5.74) is 0. The third-order valence-electron chi connectivity index (χ3n) is 3.69. The maximum Gasteiger partial charge on any atom is 0.407 e. The lowest BCUT2D eigenvalue weighted by molar-refractivity contribution is -0.143. The van der Waals surface area contributed by atoms with Crippen molar-refractivity contribution in [3.05, 3.63) is 0 Å². The summed E-state index contributed by atoms with van der Waals surface area (Å²) in [6.45, 7) is 3.70. The summed E-state index contributed by atoms with van der Waals surface area (Å²) in [5, 5.41) is 2.57. The van der Waals surface area contributed by atoms with Gasteiger partial charge in [-0.05, 0) is 26.2 Å². The molecule has 2 atom stereocenters. The van der Waals surface area contributed by atoms with E-state index >= 15 is 0 Å². The number of hydrogen-bond acceptors (Lipinski definition) is 4. The quantitative estimate of drug-likeness (QED) is 0.824. The molecular weight excluding hydrogens is 248 g/mol. The Morgan fingerprint density at radius 1 is 1.42 bits per heavy atom. The lowest BCUT2D eigenvalue weighted by atomic mass is 10.1. The largest absolute Gasteiger partial charge is 0.450 e. The van der Waals surface area contributed by atoms with Crippen LogP contribution in [0.2, 0.25) is 0 Å². The van der Waals surface area contributed by atoms with Gasteiger partial charge in [-0.2, -0.15) is 0 Å². The maximum absolute atomic E-state index is 12.2. The standard InChI is InChI=1S/C13H22N2O4/c1-2-18-13(17)14-7-6-12(16)15-8-9-19-11-5-3-4-10(11)15/h10-11H,2-9H2,1H3,(H,14,17). The van der Waals surface area contributed by atoms with E-state index in [1.807, 2.05) is 4.90 Å². The van der Waals surface area contributed by atoms with Crippen LogP contribution in [0.1, 0.15) is 32.6 Å². The molecule has 2 aliphatic rings. The Morgan fingerprint density at radius 2 is 2.26 bits per heavy atom. The van der Waals surface area contributed by atoms with Crippen LogP contribution >= 0.6 is 0 Å². The first kappa shape index (κ1) is 14.1. The van der Waals surface area contributed by atoms with Crippen molar-refractivity contribution in [3.63, 3.8) is 0 Å². The SMILES string of the molecule is CCOC(=O)NCCC(=O)N1CCOC2CCCC21. The molecule has 1 aliphatic heterocycles. The highest BCUT2D eigenvalue weighted by Gasteiger charge is 2.37. The Kier molecular flexibility index (Phi) is 5.01. The number of nitrogens with one attached hydrogen (secondary N) is 1. The van der Waals surface area contributed by atoms with Gasteiger partial charge in [0, 0.05) is 19.5 Å². The van der Waals surface area contributed by atoms with Crippen LogP contribution < -0.4 is 5.32 Å². The molecule has 1 N–H and O–H groups in total. The summed E-state index contributed by atoms with van der Waals surface area (Å²) in [6, 6.07) is 0.240. The van der Waals surface area contributed by atoms with Crippen LogP contribution in [0.3, 0.4) is 0 Å². The van der Waals surface area contributed by atoms with Gasteiger partial charge in [0.2, 0.25) is 5.91 Å². The molecule has 0 bridgehead atoms. The summed E-state index contributed by atoms with van der Waals surface area (Å²) in [5.74, 6) is 0.0944. The van der Waals surface area contributed by atoms with E-state index < -0.39 is 6.09 Å². The van der Waals surface area contributed by atoms with Crippen molar-refractivity contribution in [2.24, 2.45) is 0 Å². The van der Waals surface area contributed by atoms with Crippen LogP contribution in [-0.4, -0.2) is 55.3 Å². The van der Waals surface area contributed by atoms with E-state index in [0.29, 0.717) is 32.7 Å². The van der Waals surface area contributed by atoms with Crippen molar-refractivity contribution in [1.82, 2.24) is 10.2 Å². The Labute approximate surface area is 113 Å². The molecule has 6 heteroatoms. The van der Waals surface area contributed by atoms with Crippen molar-refractivity contribution in [2.45, 2.75) is 44.8 Å². The molecule has 1 saturated heterocycles. The highest BCUT2D eigenvalue weighted by atomic mass is 16.5. The van der Waals surface area contributed by atoms with Gasteiger partial charge in [-0.3, -0.25) is 4.79 Å². The van der Waals surface area contributed by atoms with Crippen LogP contribution in [-0.2, 0) is 14.3 Å². The van der Waals surface area contributed by atoms with Gasteiger partial charge in [-0.15, -0.1) is 0 Å². The second-order valence-corrected chi connectivity index (χ2v) is 4.89. The first-order chi connectivity index (χ1) is 9.22. The van der Waals surface area contributed by atoms with E-state index in [1.54, 1.807) is 6.92 Å². The van der Waals surface area contributed by atoms with Gasteiger partial charge in [0.15, 0.2) is 0 Å². The lowest BCUT2D eigenvalue weighted by Crippen LogP contribution is -2.51. The van der Waals surface area contributed by atoms with Crippen molar-refractivity contribution < 1.29 is 19.1 Å². The minimum atomic E-state index is -0.462. The normalized spacial score (nSPS) is 25.8. The number of amides is 2. The number of hydrogen-bond donors (Lipinski definition) is 1. The molecule has 1 saturated carbocycles. The van der Waals surface area contributed by atoms with E-state index in [0.717, 1.165) is 19.3 Å². The molecule has 0 aromatic rings. The molecule has 2 amide bonds. The molecule has 1 heterocycles. The molecule has 0 aromatic carbocycles. The van der Waals surface area contributed by atoms with Gasteiger partial charge in [-0.25, -0.2) is 4.79 Å². The fourth-order valence-electron chi connectivity index (χ4n) is 2.83. The average molecular weight is 270 g/mol. The van der Waals surface area contributed by atoms with Gasteiger partial charge in [0.05, 0.1) is 25.4 Å². The topological polar surface area (TPSA) is 67.9 Å². The van der Waals surface area contributed by atoms with Crippen molar-refractivity contribution in [2.75, 3.05) is 26.3 Å². The summed E-state index contributed by atoms with van der Waals surface area (Å²) < 4.78 is 10.4. The molecule has 0 spiro atoms. The number of carbonyl (C=O) groups is 2. The molecule has 1 aliphatic carbocycles. The highest BCUT2D eigenvalue weighted by Crippen LogP contribution is 2.29. The summed E-state index contributed by atoms with van der Waals surface area (Å²) in [7, 11) is 0. The zero-order valence-electron chi connectivity index (χ0n) is 11.4. The number of fused-ring (bicyclic) bond motifs is 1. The van der Waals surface area contributed by atoms with Crippen molar-refractivity contribution in [1.29, 1.82) is 0 Å². The van der Waals surface area contributed by atoms with Crippen LogP contribution in [0, 0.1) is 0 Å². The maximum atomic E-state index is 12.2. The third-order valence-corrected chi connectivity index (χ3v) is 3.69. The average Bonchev–Trinajstić information content (AvgIpc) is 2.86. The first-order valence-corrected chi connectivity index (χ1v) is 7.04. The zero-order chi connectivity index (χ0) is 13.7. The van der Waals surface area contributed by atoms with Gasteiger partial charge < -0.3 is 19.7 Å². The summed E-state index contributed by atoms with van der Waals surface area (Å²) in [4.78, 5) is 25.2. The van der Waals surface area contributed by atoms with Crippen LogP contribution in [0.4, 0.5) is 4.79 Å². The molecule has 0 aromatic heterocycles. The number of ether oxygens (including phenoxy) is 2. The van der Waals surface area contributed by atoms with Crippen molar-refractivity contribution >= 4 is 12.0 Å². The smallest absolute Gasteiger partial charge is 0.407 e. The predicted molar refractivity (Wildman–Crippen MR) is 68.7 cm³/mol.